The fourth-order valence-electron chi connectivity index (χ4n) is 3.55. The van der Waals surface area contributed by atoms with E-state index in [4.69, 9.17) is 0 Å². The Hall–Kier alpha value is -0.580. The number of thioether (sulfide) groups is 8. The van der Waals surface area contributed by atoms with Crippen LogP contribution in [0.1, 0.15) is 11.1 Å². The lowest BCUT2D eigenvalue weighted by molar-refractivity contribution is 1.50. The molecule has 0 saturated heterocycles. The van der Waals surface area contributed by atoms with Crippen LogP contribution in [0.2, 0.25) is 0 Å². The summed E-state index contributed by atoms with van der Waals surface area (Å²) < 4.78 is 5.54. The summed E-state index contributed by atoms with van der Waals surface area (Å²) in [5, 5.41) is 13.4. The molecule has 0 aromatic heterocycles. The standard InChI is InChI=1S/C26H16S8/c1-3-7-17(8-4-1)21(18-9-5-2-6-10-18)22(19-15-31-25(33-19)23-27-11-12-28-23)20-16-32-26(34-20)24-29-13-14-30-24/h1-16H. The highest BCUT2D eigenvalue weighted by atomic mass is 32.2. The van der Waals surface area contributed by atoms with Gasteiger partial charge in [-0.25, -0.2) is 0 Å². The Balaban J connectivity index is 1.49. The Kier molecular flexibility index (Phi) is 7.85. The summed E-state index contributed by atoms with van der Waals surface area (Å²) in [6, 6.07) is 21.7. The largest absolute Gasteiger partial charge is 0.0884 e. The van der Waals surface area contributed by atoms with E-state index >= 15 is 0 Å². The first-order chi connectivity index (χ1) is 16.9. The minimum atomic E-state index is 1.25. The van der Waals surface area contributed by atoms with Gasteiger partial charge in [-0.05, 0) is 49.1 Å². The topological polar surface area (TPSA) is 0 Å². The first-order valence-corrected chi connectivity index (χ1v) is 17.2. The van der Waals surface area contributed by atoms with E-state index in [1.54, 1.807) is 0 Å². The van der Waals surface area contributed by atoms with Crippen LogP contribution in [0.3, 0.4) is 0 Å². The summed E-state index contributed by atoms with van der Waals surface area (Å²) in [6.07, 6.45) is 0. The smallest absolute Gasteiger partial charge is 0.0700 e. The van der Waals surface area contributed by atoms with Gasteiger partial charge in [-0.3, -0.25) is 0 Å². The highest BCUT2D eigenvalue weighted by molar-refractivity contribution is 8.34. The van der Waals surface area contributed by atoms with Crippen LogP contribution in [0.5, 0.6) is 0 Å². The number of allylic oxidation sites excluding steroid dienone is 2. The molecule has 4 heterocycles. The summed E-state index contributed by atoms with van der Waals surface area (Å²) in [7, 11) is 0. The second-order valence-corrected chi connectivity index (χ2v) is 15.6. The second kappa shape index (κ2) is 11.2. The Morgan fingerprint density at radius 1 is 0.412 bits per heavy atom. The van der Waals surface area contributed by atoms with Crippen molar-refractivity contribution in [1.29, 1.82) is 0 Å². The van der Waals surface area contributed by atoms with Gasteiger partial charge in [0.05, 0.1) is 16.9 Å². The minimum Gasteiger partial charge on any atom is -0.0884 e. The predicted octanol–water partition coefficient (Wildman–Crippen LogP) is 11.3. The van der Waals surface area contributed by atoms with E-state index < -0.39 is 0 Å². The fourth-order valence-corrected chi connectivity index (χ4v) is 12.7. The molecule has 0 aliphatic carbocycles. The van der Waals surface area contributed by atoms with Gasteiger partial charge in [-0.15, -0.1) is 0 Å². The Morgan fingerprint density at radius 3 is 1.24 bits per heavy atom. The molecule has 0 bridgehead atoms. The third kappa shape index (κ3) is 5.11. The average molecular weight is 585 g/mol. The SMILES string of the molecule is C1=CSC(=C2SC=C(C(C3=CSC(=C4SC=CS4)S3)=C(c3ccccc3)c3ccccc3)S2)S1. The molecule has 34 heavy (non-hydrogen) atoms. The highest BCUT2D eigenvalue weighted by Crippen LogP contribution is 2.61. The molecule has 168 valence electrons. The van der Waals surface area contributed by atoms with Crippen LogP contribution >= 0.6 is 94.1 Å². The van der Waals surface area contributed by atoms with Crippen LogP contribution in [-0.4, -0.2) is 0 Å². The molecule has 0 N–H and O–H groups in total. The fraction of sp³-hybridized carbons (Fsp3) is 0. The molecule has 0 fully saturated rings. The van der Waals surface area contributed by atoms with Crippen molar-refractivity contribution in [3.8, 4) is 0 Å². The van der Waals surface area contributed by atoms with Crippen LogP contribution in [0.4, 0.5) is 0 Å². The molecule has 2 aromatic carbocycles. The monoisotopic (exact) mass is 584 g/mol. The molecule has 0 spiro atoms. The maximum atomic E-state index is 2.35. The van der Waals surface area contributed by atoms with Crippen molar-refractivity contribution in [2.75, 3.05) is 0 Å². The van der Waals surface area contributed by atoms with Crippen LogP contribution in [0.15, 0.2) is 125 Å². The molecule has 8 heteroatoms. The molecule has 6 rings (SSSR count). The number of benzene rings is 2. The van der Waals surface area contributed by atoms with Crippen molar-refractivity contribution in [2.24, 2.45) is 0 Å². The zero-order valence-corrected chi connectivity index (χ0v) is 24.0. The van der Waals surface area contributed by atoms with E-state index in [1.165, 1.54) is 49.0 Å². The van der Waals surface area contributed by atoms with Gasteiger partial charge >= 0.3 is 0 Å². The molecule has 0 unspecified atom stereocenters. The maximum absolute atomic E-state index is 2.35. The zero-order chi connectivity index (χ0) is 22.7. The molecule has 2 aromatic rings. The summed E-state index contributed by atoms with van der Waals surface area (Å²) in [4.78, 5) is 2.66. The maximum Gasteiger partial charge on any atom is 0.0700 e. The van der Waals surface area contributed by atoms with Crippen molar-refractivity contribution in [1.82, 2.24) is 0 Å². The van der Waals surface area contributed by atoms with E-state index in [9.17, 15) is 0 Å². The lowest BCUT2D eigenvalue weighted by atomic mass is 9.92. The number of hydrogen-bond acceptors (Lipinski definition) is 8. The van der Waals surface area contributed by atoms with Gasteiger partial charge in [0.1, 0.15) is 0 Å². The van der Waals surface area contributed by atoms with Crippen molar-refractivity contribution >= 4 is 99.7 Å². The van der Waals surface area contributed by atoms with Crippen LogP contribution in [0.25, 0.3) is 5.57 Å². The van der Waals surface area contributed by atoms with Crippen molar-refractivity contribution in [3.05, 3.63) is 137 Å². The summed E-state index contributed by atoms with van der Waals surface area (Å²) in [6.45, 7) is 0. The van der Waals surface area contributed by atoms with Crippen molar-refractivity contribution < 1.29 is 0 Å². The summed E-state index contributed by atoms with van der Waals surface area (Å²) in [5.41, 5.74) is 5.13. The second-order valence-electron chi connectivity index (χ2n) is 7.05. The molecule has 0 nitrogen and oxygen atoms in total. The first kappa shape index (κ1) is 23.8. The Bertz CT molecular complexity index is 1210. The third-order valence-corrected chi connectivity index (χ3v) is 15.0. The lowest BCUT2D eigenvalue weighted by Crippen LogP contribution is -1.97. The number of rotatable bonds is 4. The van der Waals surface area contributed by atoms with E-state index in [0.717, 1.165) is 0 Å². The van der Waals surface area contributed by atoms with Gasteiger partial charge in [0.15, 0.2) is 0 Å². The molecule has 0 amide bonds. The van der Waals surface area contributed by atoms with Crippen molar-refractivity contribution in [3.63, 3.8) is 0 Å². The number of hydrogen-bond donors (Lipinski definition) is 0. The van der Waals surface area contributed by atoms with Crippen LogP contribution in [-0.2, 0) is 0 Å². The zero-order valence-electron chi connectivity index (χ0n) is 17.5. The lowest BCUT2D eigenvalue weighted by Gasteiger charge is -2.18. The van der Waals surface area contributed by atoms with E-state index in [1.807, 2.05) is 94.1 Å². The molecule has 0 atom stereocenters. The van der Waals surface area contributed by atoms with Crippen LogP contribution < -0.4 is 0 Å². The van der Waals surface area contributed by atoms with Gasteiger partial charge < -0.3 is 0 Å². The first-order valence-electron chi connectivity index (χ1n) is 10.3. The van der Waals surface area contributed by atoms with Gasteiger partial charge in [-0.1, -0.05) is 155 Å². The molecule has 4 aliphatic heterocycles. The van der Waals surface area contributed by atoms with Crippen molar-refractivity contribution in [2.45, 2.75) is 0 Å². The molecule has 0 radical (unpaired) electrons. The molecule has 4 aliphatic rings. The Morgan fingerprint density at radius 2 is 0.824 bits per heavy atom. The summed E-state index contributed by atoms with van der Waals surface area (Å²) >= 11 is 14.9. The molecular weight excluding hydrogens is 569 g/mol. The third-order valence-electron chi connectivity index (χ3n) is 4.96. The van der Waals surface area contributed by atoms with E-state index in [2.05, 4.69) is 93.1 Å². The predicted molar refractivity (Wildman–Crippen MR) is 168 cm³/mol. The van der Waals surface area contributed by atoms with E-state index in [0.29, 0.717) is 0 Å². The Labute approximate surface area is 234 Å². The minimum absolute atomic E-state index is 1.25. The van der Waals surface area contributed by atoms with Gasteiger partial charge in [0.2, 0.25) is 0 Å². The van der Waals surface area contributed by atoms with Gasteiger partial charge in [-0.2, -0.15) is 0 Å². The summed E-state index contributed by atoms with van der Waals surface area (Å²) in [5.74, 6) is 0. The molecular formula is C26H16S8. The van der Waals surface area contributed by atoms with E-state index in [-0.39, 0.29) is 0 Å². The van der Waals surface area contributed by atoms with Gasteiger partial charge in [0, 0.05) is 15.4 Å². The quantitative estimate of drug-likeness (QED) is 0.343. The molecule has 0 saturated carbocycles. The van der Waals surface area contributed by atoms with Crippen LogP contribution in [0, 0.1) is 0 Å². The highest BCUT2D eigenvalue weighted by Gasteiger charge is 2.30. The average Bonchev–Trinajstić information content (AvgIpc) is 3.71. The van der Waals surface area contributed by atoms with Gasteiger partial charge in [0.25, 0.3) is 0 Å². The normalized spacial score (nSPS) is 19.3.